The highest BCUT2D eigenvalue weighted by Gasteiger charge is 2.50. The van der Waals surface area contributed by atoms with Crippen LogP contribution in [-0.4, -0.2) is 42.0 Å². The van der Waals surface area contributed by atoms with Crippen molar-refractivity contribution in [3.05, 3.63) is 0 Å². The number of thiocarbonyl (C=S) groups is 1. The number of likely N-dealkylation sites (N-methyl/N-ethyl adjacent to an activating group) is 1. The van der Waals surface area contributed by atoms with Gasteiger partial charge in [0.25, 0.3) is 0 Å². The largest absolute Gasteiger partial charge is 0.392 e. The number of hydrogen-bond donors (Lipinski definition) is 2. The molecule has 1 amide bonds. The lowest BCUT2D eigenvalue weighted by atomic mass is 9.62. The molecule has 0 heterocycles. The van der Waals surface area contributed by atoms with Crippen molar-refractivity contribution in [3.63, 3.8) is 0 Å². The maximum Gasteiger partial charge on any atom is 0.233 e. The Bertz CT molecular complexity index is 340. The van der Waals surface area contributed by atoms with Crippen LogP contribution < -0.4 is 11.1 Å². The number of nitrogens with two attached hydrogens (primary N) is 1. The molecule has 19 heavy (non-hydrogen) atoms. The van der Waals surface area contributed by atoms with E-state index in [0.29, 0.717) is 23.5 Å². The third kappa shape index (κ3) is 3.66. The fraction of sp³-hybridized carbons (Fsp3) is 0.857. The number of hydrogen-bond acceptors (Lipinski definition) is 3. The van der Waals surface area contributed by atoms with E-state index in [4.69, 9.17) is 18.0 Å². The maximum atomic E-state index is 12.3. The summed E-state index contributed by atoms with van der Waals surface area (Å²) in [4.78, 5) is 14.9. The standard InChI is InChI=1S/C14H27N3OS/c1-5-11(3)17(4)7-6-16-13(18)14(12(15)19)8-10(2)9-14/h10-11H,5-9H2,1-4H3,(H2,15,19)(H,16,18). The van der Waals surface area contributed by atoms with E-state index in [1.807, 2.05) is 0 Å². The van der Waals surface area contributed by atoms with Gasteiger partial charge in [-0.25, -0.2) is 0 Å². The minimum Gasteiger partial charge on any atom is -0.392 e. The Morgan fingerprint density at radius 1 is 1.58 bits per heavy atom. The van der Waals surface area contributed by atoms with Crippen LogP contribution in [-0.2, 0) is 4.79 Å². The lowest BCUT2D eigenvalue weighted by Crippen LogP contribution is -2.56. The number of carbonyl (C=O) groups excluding carboxylic acids is 1. The Morgan fingerprint density at radius 2 is 2.16 bits per heavy atom. The van der Waals surface area contributed by atoms with Gasteiger partial charge in [0, 0.05) is 19.1 Å². The van der Waals surface area contributed by atoms with Crippen LogP contribution in [0.5, 0.6) is 0 Å². The van der Waals surface area contributed by atoms with Gasteiger partial charge in [-0.3, -0.25) is 4.79 Å². The number of nitrogens with zero attached hydrogens (tertiary/aromatic N) is 1. The SMILES string of the molecule is CCC(C)N(C)CCNC(=O)C1(C(N)=S)CC(C)C1. The molecule has 0 aromatic heterocycles. The molecule has 0 saturated heterocycles. The van der Waals surface area contributed by atoms with E-state index in [1.54, 1.807) is 0 Å². The van der Waals surface area contributed by atoms with Gasteiger partial charge in [0.15, 0.2) is 0 Å². The van der Waals surface area contributed by atoms with Crippen LogP contribution in [0, 0.1) is 11.3 Å². The third-order valence-electron chi connectivity index (χ3n) is 4.39. The van der Waals surface area contributed by atoms with E-state index < -0.39 is 5.41 Å². The average Bonchev–Trinajstić information content (AvgIpc) is 2.32. The van der Waals surface area contributed by atoms with Crippen LogP contribution in [0.2, 0.25) is 0 Å². The minimum atomic E-state index is -0.580. The molecule has 5 heteroatoms. The molecule has 1 aliphatic carbocycles. The van der Waals surface area contributed by atoms with Gasteiger partial charge in [-0.1, -0.05) is 26.1 Å². The highest BCUT2D eigenvalue weighted by atomic mass is 32.1. The number of amides is 1. The zero-order chi connectivity index (χ0) is 14.6. The lowest BCUT2D eigenvalue weighted by molar-refractivity contribution is -0.132. The summed E-state index contributed by atoms with van der Waals surface area (Å²) in [6, 6.07) is 0.533. The maximum absolute atomic E-state index is 12.3. The van der Waals surface area contributed by atoms with Gasteiger partial charge >= 0.3 is 0 Å². The van der Waals surface area contributed by atoms with Gasteiger partial charge in [-0.2, -0.15) is 0 Å². The van der Waals surface area contributed by atoms with Crippen LogP contribution in [0.25, 0.3) is 0 Å². The van der Waals surface area contributed by atoms with Gasteiger partial charge < -0.3 is 16.0 Å². The first kappa shape index (κ1) is 16.4. The summed E-state index contributed by atoms with van der Waals surface area (Å²) >= 11 is 5.08. The second-order valence-electron chi connectivity index (χ2n) is 5.95. The van der Waals surface area contributed by atoms with Crippen LogP contribution in [0.15, 0.2) is 0 Å². The Morgan fingerprint density at radius 3 is 2.58 bits per heavy atom. The summed E-state index contributed by atoms with van der Waals surface area (Å²) in [6.07, 6.45) is 2.68. The highest BCUT2D eigenvalue weighted by molar-refractivity contribution is 7.80. The second-order valence-corrected chi connectivity index (χ2v) is 6.39. The van der Waals surface area contributed by atoms with Gasteiger partial charge in [0.05, 0.1) is 10.4 Å². The fourth-order valence-corrected chi connectivity index (χ4v) is 2.93. The van der Waals surface area contributed by atoms with E-state index in [0.717, 1.165) is 25.8 Å². The predicted octanol–water partition coefficient (Wildman–Crippen LogP) is 1.54. The molecule has 0 spiro atoms. The summed E-state index contributed by atoms with van der Waals surface area (Å²) < 4.78 is 0. The zero-order valence-corrected chi connectivity index (χ0v) is 13.3. The minimum absolute atomic E-state index is 0.00986. The third-order valence-corrected chi connectivity index (χ3v) is 4.78. The summed E-state index contributed by atoms with van der Waals surface area (Å²) in [5.74, 6) is 0.547. The molecule has 1 aliphatic rings. The topological polar surface area (TPSA) is 58.4 Å². The molecule has 0 aromatic rings. The van der Waals surface area contributed by atoms with Crippen LogP contribution in [0.4, 0.5) is 0 Å². The van der Waals surface area contributed by atoms with Crippen LogP contribution >= 0.6 is 12.2 Å². The van der Waals surface area contributed by atoms with Crippen molar-refractivity contribution < 1.29 is 4.79 Å². The van der Waals surface area contributed by atoms with E-state index in [1.165, 1.54) is 0 Å². The van der Waals surface area contributed by atoms with Crippen molar-refractivity contribution in [1.82, 2.24) is 10.2 Å². The molecule has 1 saturated carbocycles. The summed E-state index contributed by atoms with van der Waals surface area (Å²) in [5, 5.41) is 2.99. The van der Waals surface area contributed by atoms with Crippen molar-refractivity contribution in [2.45, 2.75) is 46.1 Å². The van der Waals surface area contributed by atoms with Gasteiger partial charge in [0.2, 0.25) is 5.91 Å². The molecule has 1 unspecified atom stereocenters. The molecule has 0 radical (unpaired) electrons. The van der Waals surface area contributed by atoms with E-state index >= 15 is 0 Å². The molecule has 1 rings (SSSR count). The first-order valence-electron chi connectivity index (χ1n) is 7.12. The Kier molecular flexibility index (Phi) is 5.74. The van der Waals surface area contributed by atoms with E-state index in [-0.39, 0.29) is 5.91 Å². The van der Waals surface area contributed by atoms with Crippen molar-refractivity contribution in [2.75, 3.05) is 20.1 Å². The molecule has 0 aromatic carbocycles. The normalized spacial score (nSPS) is 27.7. The zero-order valence-electron chi connectivity index (χ0n) is 12.5. The van der Waals surface area contributed by atoms with Crippen molar-refractivity contribution in [1.29, 1.82) is 0 Å². The van der Waals surface area contributed by atoms with Crippen LogP contribution in [0.1, 0.15) is 40.0 Å². The molecule has 110 valence electrons. The lowest BCUT2D eigenvalue weighted by Gasteiger charge is -2.44. The van der Waals surface area contributed by atoms with Gasteiger partial charge in [-0.15, -0.1) is 0 Å². The number of rotatable bonds is 7. The Balaban J connectivity index is 2.41. The average molecular weight is 285 g/mol. The monoisotopic (exact) mass is 285 g/mol. The van der Waals surface area contributed by atoms with E-state index in [2.05, 4.69) is 38.0 Å². The fourth-order valence-electron chi connectivity index (χ4n) is 2.68. The molecule has 4 nitrogen and oxygen atoms in total. The number of carbonyl (C=O) groups is 1. The summed E-state index contributed by atoms with van der Waals surface area (Å²) in [5.41, 5.74) is 5.18. The first-order valence-corrected chi connectivity index (χ1v) is 7.52. The van der Waals surface area contributed by atoms with Crippen molar-refractivity contribution in [3.8, 4) is 0 Å². The van der Waals surface area contributed by atoms with Crippen LogP contribution in [0.3, 0.4) is 0 Å². The molecule has 3 N–H and O–H groups in total. The van der Waals surface area contributed by atoms with E-state index in [9.17, 15) is 4.79 Å². The Labute approximate surface area is 122 Å². The smallest absolute Gasteiger partial charge is 0.233 e. The second kappa shape index (κ2) is 6.66. The summed E-state index contributed by atoms with van der Waals surface area (Å²) in [7, 11) is 2.08. The van der Waals surface area contributed by atoms with Gasteiger partial charge in [0.1, 0.15) is 0 Å². The Hall–Kier alpha value is -0.680. The molecular formula is C14H27N3OS. The molecule has 1 fully saturated rings. The molecule has 0 bridgehead atoms. The summed E-state index contributed by atoms with van der Waals surface area (Å²) in [6.45, 7) is 7.98. The first-order chi connectivity index (χ1) is 8.83. The van der Waals surface area contributed by atoms with Gasteiger partial charge in [-0.05, 0) is 39.2 Å². The quantitative estimate of drug-likeness (QED) is 0.697. The van der Waals surface area contributed by atoms with Crippen molar-refractivity contribution in [2.24, 2.45) is 17.1 Å². The highest BCUT2D eigenvalue weighted by Crippen LogP contribution is 2.45. The predicted molar refractivity (Wildman–Crippen MR) is 83.0 cm³/mol. The molecule has 1 atom stereocenters. The number of nitrogens with one attached hydrogen (secondary N) is 1. The molecule has 0 aliphatic heterocycles. The molecular weight excluding hydrogens is 258 g/mol. The van der Waals surface area contributed by atoms with Crippen molar-refractivity contribution >= 4 is 23.1 Å².